The lowest BCUT2D eigenvalue weighted by atomic mass is 10.4. The van der Waals surface area contributed by atoms with Crippen LogP contribution in [0.2, 0.25) is 0 Å². The molecule has 1 aliphatic carbocycles. The van der Waals surface area contributed by atoms with E-state index in [0.29, 0.717) is 0 Å². The van der Waals surface area contributed by atoms with Crippen LogP contribution >= 0.6 is 0 Å². The smallest absolute Gasteiger partial charge is 0.0645 e. The molecule has 0 amide bonds. The SMILES string of the molecule is COCCCOCCn1cccc1CNC1CC1. The number of aromatic nitrogens is 1. The lowest BCUT2D eigenvalue weighted by Crippen LogP contribution is -2.19. The lowest BCUT2D eigenvalue weighted by molar-refractivity contribution is 0.0973. The summed E-state index contributed by atoms with van der Waals surface area (Å²) in [6.07, 6.45) is 5.77. The minimum atomic E-state index is 0.763. The maximum Gasteiger partial charge on any atom is 0.0645 e. The van der Waals surface area contributed by atoms with Crippen LogP contribution in [0.25, 0.3) is 0 Å². The third-order valence-electron chi connectivity index (χ3n) is 3.19. The van der Waals surface area contributed by atoms with Crippen LogP contribution < -0.4 is 5.32 Å². The van der Waals surface area contributed by atoms with Crippen LogP contribution in [0, 0.1) is 0 Å². The van der Waals surface area contributed by atoms with E-state index in [-0.39, 0.29) is 0 Å². The topological polar surface area (TPSA) is 35.4 Å². The largest absolute Gasteiger partial charge is 0.385 e. The highest BCUT2D eigenvalue weighted by molar-refractivity contribution is 5.07. The number of ether oxygens (including phenoxy) is 2. The van der Waals surface area contributed by atoms with Crippen molar-refractivity contribution in [2.45, 2.75) is 38.4 Å². The summed E-state index contributed by atoms with van der Waals surface area (Å²) in [5.74, 6) is 0. The number of methoxy groups -OCH3 is 1. The molecular weight excluding hydrogens is 228 g/mol. The van der Waals surface area contributed by atoms with Gasteiger partial charge in [-0.1, -0.05) is 0 Å². The van der Waals surface area contributed by atoms with Gasteiger partial charge in [-0.15, -0.1) is 0 Å². The summed E-state index contributed by atoms with van der Waals surface area (Å²) in [6, 6.07) is 5.05. The Labute approximate surface area is 109 Å². The molecule has 18 heavy (non-hydrogen) atoms. The third-order valence-corrected chi connectivity index (χ3v) is 3.19. The minimum absolute atomic E-state index is 0.763. The first-order chi connectivity index (χ1) is 8.90. The zero-order valence-electron chi connectivity index (χ0n) is 11.2. The summed E-state index contributed by atoms with van der Waals surface area (Å²) in [6.45, 7) is 4.24. The Morgan fingerprint density at radius 3 is 3.00 bits per heavy atom. The molecule has 1 heterocycles. The molecule has 4 heteroatoms. The van der Waals surface area contributed by atoms with E-state index >= 15 is 0 Å². The summed E-state index contributed by atoms with van der Waals surface area (Å²) in [4.78, 5) is 0. The fourth-order valence-electron chi connectivity index (χ4n) is 1.93. The van der Waals surface area contributed by atoms with E-state index in [2.05, 4.69) is 28.2 Å². The number of rotatable bonds is 10. The molecule has 1 saturated carbocycles. The van der Waals surface area contributed by atoms with Crippen molar-refractivity contribution < 1.29 is 9.47 Å². The van der Waals surface area contributed by atoms with Gasteiger partial charge in [-0.2, -0.15) is 0 Å². The molecule has 1 fully saturated rings. The van der Waals surface area contributed by atoms with E-state index in [0.717, 1.165) is 45.4 Å². The van der Waals surface area contributed by atoms with Crippen LogP contribution in [0.4, 0.5) is 0 Å². The zero-order valence-corrected chi connectivity index (χ0v) is 11.2. The van der Waals surface area contributed by atoms with E-state index in [1.165, 1.54) is 18.5 Å². The Balaban J connectivity index is 1.60. The van der Waals surface area contributed by atoms with E-state index in [4.69, 9.17) is 9.47 Å². The summed E-state index contributed by atoms with van der Waals surface area (Å²) in [5.41, 5.74) is 1.35. The molecule has 0 spiro atoms. The van der Waals surface area contributed by atoms with Crippen LogP contribution in [0.3, 0.4) is 0 Å². The molecule has 4 nitrogen and oxygen atoms in total. The van der Waals surface area contributed by atoms with Gasteiger partial charge in [-0.25, -0.2) is 0 Å². The van der Waals surface area contributed by atoms with E-state index in [1.54, 1.807) is 7.11 Å². The molecule has 0 aliphatic heterocycles. The first-order valence-electron chi connectivity index (χ1n) is 6.84. The van der Waals surface area contributed by atoms with Crippen molar-refractivity contribution in [1.82, 2.24) is 9.88 Å². The van der Waals surface area contributed by atoms with Gasteiger partial charge in [0.2, 0.25) is 0 Å². The lowest BCUT2D eigenvalue weighted by Gasteiger charge is -2.10. The zero-order chi connectivity index (χ0) is 12.6. The van der Waals surface area contributed by atoms with Crippen molar-refractivity contribution in [2.24, 2.45) is 0 Å². The van der Waals surface area contributed by atoms with Gasteiger partial charge in [-0.3, -0.25) is 0 Å². The molecule has 0 aromatic carbocycles. The number of hydrogen-bond acceptors (Lipinski definition) is 3. The quantitative estimate of drug-likeness (QED) is 0.645. The van der Waals surface area contributed by atoms with E-state index in [1.807, 2.05) is 0 Å². The molecule has 1 aromatic heterocycles. The highest BCUT2D eigenvalue weighted by atomic mass is 16.5. The van der Waals surface area contributed by atoms with Crippen LogP contribution in [0.1, 0.15) is 25.0 Å². The molecule has 2 rings (SSSR count). The molecule has 1 N–H and O–H groups in total. The normalized spacial score (nSPS) is 15.2. The molecule has 1 aliphatic rings. The van der Waals surface area contributed by atoms with Crippen LogP contribution in [-0.2, 0) is 22.6 Å². The maximum absolute atomic E-state index is 5.58. The Morgan fingerprint density at radius 2 is 2.22 bits per heavy atom. The Bertz CT molecular complexity index is 334. The monoisotopic (exact) mass is 252 g/mol. The van der Waals surface area contributed by atoms with Crippen molar-refractivity contribution in [3.8, 4) is 0 Å². The average Bonchev–Trinajstić information content (AvgIpc) is 3.11. The molecule has 1 aromatic rings. The van der Waals surface area contributed by atoms with Crippen LogP contribution in [0.5, 0.6) is 0 Å². The minimum Gasteiger partial charge on any atom is -0.385 e. The molecular formula is C14H24N2O2. The Hall–Kier alpha value is -0.840. The third kappa shape index (κ3) is 4.80. The second-order valence-corrected chi connectivity index (χ2v) is 4.81. The molecule has 0 atom stereocenters. The molecule has 0 unspecified atom stereocenters. The summed E-state index contributed by atoms with van der Waals surface area (Å²) in [7, 11) is 1.72. The van der Waals surface area contributed by atoms with Crippen molar-refractivity contribution in [3.63, 3.8) is 0 Å². The Morgan fingerprint density at radius 1 is 1.33 bits per heavy atom. The molecule has 102 valence electrons. The second-order valence-electron chi connectivity index (χ2n) is 4.81. The maximum atomic E-state index is 5.58. The average molecular weight is 252 g/mol. The standard InChI is InChI=1S/C14H24N2O2/c1-17-9-3-10-18-11-8-16-7-2-4-14(16)12-15-13-5-6-13/h2,4,7,13,15H,3,5-6,8-12H2,1H3. The molecule has 0 saturated heterocycles. The number of hydrogen-bond donors (Lipinski definition) is 1. The van der Waals surface area contributed by atoms with Crippen molar-refractivity contribution in [1.29, 1.82) is 0 Å². The van der Waals surface area contributed by atoms with Crippen molar-refractivity contribution in [2.75, 3.05) is 26.9 Å². The highest BCUT2D eigenvalue weighted by Gasteiger charge is 2.20. The summed E-state index contributed by atoms with van der Waals surface area (Å²) >= 11 is 0. The van der Waals surface area contributed by atoms with E-state index in [9.17, 15) is 0 Å². The predicted octanol–water partition coefficient (Wildman–Crippen LogP) is 1.79. The van der Waals surface area contributed by atoms with Crippen molar-refractivity contribution in [3.05, 3.63) is 24.0 Å². The molecule has 0 radical (unpaired) electrons. The fraction of sp³-hybridized carbons (Fsp3) is 0.714. The first-order valence-corrected chi connectivity index (χ1v) is 6.84. The first kappa shape index (κ1) is 13.6. The van der Waals surface area contributed by atoms with Crippen LogP contribution in [-0.4, -0.2) is 37.5 Å². The Kier molecular flexibility index (Phi) is 5.71. The van der Waals surface area contributed by atoms with Crippen molar-refractivity contribution >= 4 is 0 Å². The van der Waals surface area contributed by atoms with Crippen LogP contribution in [0.15, 0.2) is 18.3 Å². The number of nitrogens with zero attached hydrogens (tertiary/aromatic N) is 1. The highest BCUT2D eigenvalue weighted by Crippen LogP contribution is 2.19. The van der Waals surface area contributed by atoms with Gasteiger partial charge in [0.05, 0.1) is 6.61 Å². The summed E-state index contributed by atoms with van der Waals surface area (Å²) < 4.78 is 12.8. The van der Waals surface area contributed by atoms with Gasteiger partial charge in [0.25, 0.3) is 0 Å². The van der Waals surface area contributed by atoms with Gasteiger partial charge in [-0.05, 0) is 31.4 Å². The summed E-state index contributed by atoms with van der Waals surface area (Å²) in [5, 5.41) is 3.54. The van der Waals surface area contributed by atoms with Gasteiger partial charge in [0.1, 0.15) is 0 Å². The van der Waals surface area contributed by atoms with E-state index < -0.39 is 0 Å². The number of nitrogens with one attached hydrogen (secondary N) is 1. The van der Waals surface area contributed by atoms with Gasteiger partial charge in [0.15, 0.2) is 0 Å². The second kappa shape index (κ2) is 7.56. The predicted molar refractivity (Wildman–Crippen MR) is 71.6 cm³/mol. The fourth-order valence-corrected chi connectivity index (χ4v) is 1.93. The van der Waals surface area contributed by atoms with Gasteiger partial charge in [0, 0.05) is 51.3 Å². The van der Waals surface area contributed by atoms with Gasteiger partial charge < -0.3 is 19.4 Å². The molecule has 0 bridgehead atoms. The van der Waals surface area contributed by atoms with Gasteiger partial charge >= 0.3 is 0 Å².